The molecule has 5 rings (SSSR count). The first-order chi connectivity index (χ1) is 14.2. The van der Waals surface area contributed by atoms with Gasteiger partial charge >= 0.3 is 0 Å². The lowest BCUT2D eigenvalue weighted by Crippen LogP contribution is -2.60. The van der Waals surface area contributed by atoms with Crippen molar-refractivity contribution in [1.82, 2.24) is 10.2 Å². The number of hydrogen-bond donors (Lipinski definition) is 1. The maximum Gasteiger partial charge on any atom is 0.246 e. The van der Waals surface area contributed by atoms with Gasteiger partial charge in [0.05, 0.1) is 12.0 Å². The van der Waals surface area contributed by atoms with Gasteiger partial charge < -0.3 is 15.0 Å². The van der Waals surface area contributed by atoms with Crippen molar-refractivity contribution in [3.05, 3.63) is 47.5 Å². The molecule has 3 aliphatic heterocycles. The minimum Gasteiger partial charge on any atom is -0.359 e. The van der Waals surface area contributed by atoms with Gasteiger partial charge in [0.2, 0.25) is 11.8 Å². The van der Waals surface area contributed by atoms with Crippen LogP contribution in [0.3, 0.4) is 0 Å². The second-order valence-electron chi connectivity index (χ2n) is 10.5. The summed E-state index contributed by atoms with van der Waals surface area (Å²) in [6.07, 6.45) is 8.25. The van der Waals surface area contributed by atoms with Gasteiger partial charge in [-0.25, -0.2) is 0 Å². The van der Waals surface area contributed by atoms with E-state index in [-0.39, 0.29) is 35.8 Å². The van der Waals surface area contributed by atoms with Crippen LogP contribution in [0.5, 0.6) is 0 Å². The van der Waals surface area contributed by atoms with Crippen LogP contribution in [0.15, 0.2) is 36.4 Å². The van der Waals surface area contributed by atoms with Gasteiger partial charge in [-0.3, -0.25) is 9.59 Å². The summed E-state index contributed by atoms with van der Waals surface area (Å²) >= 11 is 0. The molecule has 0 radical (unpaired) electrons. The van der Waals surface area contributed by atoms with Crippen LogP contribution in [0.25, 0.3) is 0 Å². The highest BCUT2D eigenvalue weighted by Gasteiger charge is 2.72. The van der Waals surface area contributed by atoms with Crippen LogP contribution < -0.4 is 5.32 Å². The molecule has 1 aliphatic carbocycles. The molecule has 5 atom stereocenters. The maximum absolute atomic E-state index is 13.9. The highest BCUT2D eigenvalue weighted by molar-refractivity contribution is 5.97. The van der Waals surface area contributed by atoms with E-state index in [2.05, 4.69) is 42.6 Å². The monoisotopic (exact) mass is 408 g/mol. The van der Waals surface area contributed by atoms with Crippen molar-refractivity contribution in [3.63, 3.8) is 0 Å². The largest absolute Gasteiger partial charge is 0.359 e. The van der Waals surface area contributed by atoms with E-state index in [0.717, 1.165) is 31.2 Å². The highest BCUT2D eigenvalue weighted by Crippen LogP contribution is 2.59. The van der Waals surface area contributed by atoms with Gasteiger partial charge in [0, 0.05) is 17.5 Å². The third kappa shape index (κ3) is 2.78. The van der Waals surface area contributed by atoms with Crippen LogP contribution >= 0.6 is 0 Å². The zero-order chi connectivity index (χ0) is 21.3. The summed E-state index contributed by atoms with van der Waals surface area (Å²) in [4.78, 5) is 29.3. The van der Waals surface area contributed by atoms with Crippen LogP contribution in [0.2, 0.25) is 0 Å². The fraction of sp³-hybridized carbons (Fsp3) is 0.600. The normalized spacial score (nSPS) is 35.3. The second-order valence-corrected chi connectivity index (χ2v) is 10.5. The van der Waals surface area contributed by atoms with Crippen LogP contribution in [0.4, 0.5) is 0 Å². The fourth-order valence-corrected chi connectivity index (χ4v) is 6.11. The molecule has 4 aliphatic rings. The van der Waals surface area contributed by atoms with Crippen LogP contribution in [-0.2, 0) is 14.3 Å². The van der Waals surface area contributed by atoms with E-state index in [1.165, 1.54) is 5.56 Å². The summed E-state index contributed by atoms with van der Waals surface area (Å²) in [6, 6.07) is 7.96. The van der Waals surface area contributed by atoms with Crippen molar-refractivity contribution in [2.24, 2.45) is 5.92 Å². The SMILES string of the molecule is Cc1ccc([C@H]2[C@H]3C(=O)N(C(C)(C)C)[C@@H](C(=O)NC4CCCC4)[C@@]34C=C[C@H]2O4)cc1. The van der Waals surface area contributed by atoms with Gasteiger partial charge in [-0.15, -0.1) is 0 Å². The van der Waals surface area contributed by atoms with E-state index >= 15 is 0 Å². The Labute approximate surface area is 178 Å². The number of carbonyl (C=O) groups is 2. The van der Waals surface area contributed by atoms with E-state index in [9.17, 15) is 9.59 Å². The smallest absolute Gasteiger partial charge is 0.246 e. The molecular weight excluding hydrogens is 376 g/mol. The number of nitrogens with one attached hydrogen (secondary N) is 1. The van der Waals surface area contributed by atoms with E-state index in [0.29, 0.717) is 0 Å². The molecule has 1 spiro atoms. The van der Waals surface area contributed by atoms with Gasteiger partial charge in [-0.1, -0.05) is 54.8 Å². The third-order valence-corrected chi connectivity index (χ3v) is 7.41. The average molecular weight is 409 g/mol. The average Bonchev–Trinajstić information content (AvgIpc) is 3.43. The van der Waals surface area contributed by atoms with E-state index in [4.69, 9.17) is 4.74 Å². The predicted molar refractivity (Wildman–Crippen MR) is 115 cm³/mol. The number of hydrogen-bond acceptors (Lipinski definition) is 3. The lowest BCUT2D eigenvalue weighted by molar-refractivity contribution is -0.145. The minimum absolute atomic E-state index is 0.0338. The Morgan fingerprint density at radius 3 is 2.47 bits per heavy atom. The Morgan fingerprint density at radius 2 is 1.83 bits per heavy atom. The Morgan fingerprint density at radius 1 is 1.17 bits per heavy atom. The Bertz CT molecular complexity index is 894. The molecule has 1 saturated carbocycles. The topological polar surface area (TPSA) is 58.6 Å². The zero-order valence-corrected chi connectivity index (χ0v) is 18.4. The van der Waals surface area contributed by atoms with Crippen molar-refractivity contribution < 1.29 is 14.3 Å². The Hall–Kier alpha value is -2.14. The Balaban J connectivity index is 1.56. The molecule has 3 heterocycles. The number of likely N-dealkylation sites (tertiary alicyclic amines) is 1. The van der Waals surface area contributed by atoms with Gasteiger partial charge in [0.1, 0.15) is 11.6 Å². The molecule has 1 N–H and O–H groups in total. The van der Waals surface area contributed by atoms with Gasteiger partial charge in [0.25, 0.3) is 0 Å². The van der Waals surface area contributed by atoms with Crippen molar-refractivity contribution >= 4 is 11.8 Å². The second kappa shape index (κ2) is 6.68. The molecule has 2 amide bonds. The lowest BCUT2D eigenvalue weighted by Gasteiger charge is -2.40. The number of ether oxygens (including phenoxy) is 1. The van der Waals surface area contributed by atoms with Crippen LogP contribution in [-0.4, -0.2) is 46.0 Å². The van der Waals surface area contributed by atoms with E-state index in [1.54, 1.807) is 4.90 Å². The molecule has 1 aromatic rings. The summed E-state index contributed by atoms with van der Waals surface area (Å²) in [5.41, 5.74) is 0.950. The molecule has 5 heteroatoms. The van der Waals surface area contributed by atoms with Crippen LogP contribution in [0.1, 0.15) is 63.5 Å². The molecule has 2 bridgehead atoms. The zero-order valence-electron chi connectivity index (χ0n) is 18.4. The van der Waals surface area contributed by atoms with Gasteiger partial charge in [-0.05, 0) is 46.1 Å². The summed E-state index contributed by atoms with van der Waals surface area (Å²) < 4.78 is 6.54. The van der Waals surface area contributed by atoms with E-state index < -0.39 is 17.2 Å². The number of benzene rings is 1. The first-order valence-corrected chi connectivity index (χ1v) is 11.3. The van der Waals surface area contributed by atoms with Crippen molar-refractivity contribution in [2.45, 2.75) is 88.6 Å². The molecule has 1 aromatic carbocycles. The van der Waals surface area contributed by atoms with E-state index in [1.807, 2.05) is 26.8 Å². The predicted octanol–water partition coefficient (Wildman–Crippen LogP) is 3.47. The maximum atomic E-state index is 13.9. The molecule has 2 saturated heterocycles. The standard InChI is InChI=1S/C25H32N2O3/c1-15-9-11-16(12-10-15)19-18-13-14-25(30-18)20(19)23(29)27(24(2,3)4)21(25)22(28)26-17-7-5-6-8-17/h9-14,17-21H,5-8H2,1-4H3,(H,26,28)/t18-,19-,20+,21+,25-/m1/s1. The number of fused-ring (bicyclic) bond motifs is 1. The molecule has 30 heavy (non-hydrogen) atoms. The molecule has 3 fully saturated rings. The summed E-state index contributed by atoms with van der Waals surface area (Å²) in [5.74, 6) is -0.458. The molecule has 0 unspecified atom stereocenters. The molecule has 0 aromatic heterocycles. The van der Waals surface area contributed by atoms with Crippen molar-refractivity contribution in [3.8, 4) is 0 Å². The van der Waals surface area contributed by atoms with Crippen molar-refractivity contribution in [1.29, 1.82) is 0 Å². The first-order valence-electron chi connectivity index (χ1n) is 11.3. The summed E-state index contributed by atoms with van der Waals surface area (Å²) in [6.45, 7) is 8.09. The van der Waals surface area contributed by atoms with Crippen LogP contribution in [0, 0.1) is 12.8 Å². The molecule has 160 valence electrons. The number of aryl methyl sites for hydroxylation is 1. The minimum atomic E-state index is -0.882. The van der Waals surface area contributed by atoms with Gasteiger partial charge in [-0.2, -0.15) is 0 Å². The summed E-state index contributed by atoms with van der Waals surface area (Å²) in [7, 11) is 0. The third-order valence-electron chi connectivity index (χ3n) is 7.41. The van der Waals surface area contributed by atoms with Crippen molar-refractivity contribution in [2.75, 3.05) is 0 Å². The number of amides is 2. The number of rotatable bonds is 3. The number of nitrogens with zero attached hydrogens (tertiary/aromatic N) is 1. The fourth-order valence-electron chi connectivity index (χ4n) is 6.11. The van der Waals surface area contributed by atoms with Gasteiger partial charge in [0.15, 0.2) is 0 Å². The first kappa shape index (κ1) is 19.8. The number of carbonyl (C=O) groups excluding carboxylic acids is 2. The molecule has 5 nitrogen and oxygen atoms in total. The molecular formula is C25H32N2O3. The Kier molecular flexibility index (Phi) is 4.41. The lowest BCUT2D eigenvalue weighted by atomic mass is 9.72. The highest BCUT2D eigenvalue weighted by atomic mass is 16.5. The quantitative estimate of drug-likeness (QED) is 0.779. The summed E-state index contributed by atoms with van der Waals surface area (Å²) in [5, 5.41) is 3.25.